The highest BCUT2D eigenvalue weighted by Crippen LogP contribution is 2.31. The molecule has 0 atom stereocenters. The minimum atomic E-state index is -3.56. The standard InChI is InChI=1S/C17H18N4O3S2/c1-4-21(3)26(23,24)14-7-13(9-18-10-14)12-5-6-15-16(8-12)25-17(20-15)19-11(2)22/h5-10H,4H2,1-3H3,(H,19,20,22). The first kappa shape index (κ1) is 18.4. The molecule has 7 nitrogen and oxygen atoms in total. The Morgan fingerprint density at radius 3 is 2.69 bits per heavy atom. The number of hydrogen-bond acceptors (Lipinski definition) is 6. The summed E-state index contributed by atoms with van der Waals surface area (Å²) in [4.78, 5) is 19.8. The van der Waals surface area contributed by atoms with Crippen LogP contribution in [0.5, 0.6) is 0 Å². The lowest BCUT2D eigenvalue weighted by Crippen LogP contribution is -2.26. The number of carbonyl (C=O) groups excluding carboxylic acids is 1. The quantitative estimate of drug-likeness (QED) is 0.723. The Labute approximate surface area is 155 Å². The highest BCUT2D eigenvalue weighted by molar-refractivity contribution is 7.89. The van der Waals surface area contributed by atoms with Gasteiger partial charge in [0.05, 0.1) is 10.2 Å². The van der Waals surface area contributed by atoms with E-state index in [1.165, 1.54) is 35.8 Å². The molecule has 1 amide bonds. The zero-order valence-corrected chi connectivity index (χ0v) is 16.2. The van der Waals surface area contributed by atoms with E-state index < -0.39 is 10.0 Å². The number of nitrogens with zero attached hydrogens (tertiary/aromatic N) is 3. The topological polar surface area (TPSA) is 92.3 Å². The molecule has 0 aliphatic rings. The molecule has 0 saturated carbocycles. The smallest absolute Gasteiger partial charge is 0.244 e. The summed E-state index contributed by atoms with van der Waals surface area (Å²) in [6, 6.07) is 7.23. The number of nitrogens with one attached hydrogen (secondary N) is 1. The van der Waals surface area contributed by atoms with Gasteiger partial charge in [0.15, 0.2) is 5.13 Å². The summed E-state index contributed by atoms with van der Waals surface area (Å²) in [5.74, 6) is -0.175. The van der Waals surface area contributed by atoms with E-state index in [1.54, 1.807) is 19.2 Å². The largest absolute Gasteiger partial charge is 0.302 e. The molecule has 2 aromatic heterocycles. The fraction of sp³-hybridized carbons (Fsp3) is 0.235. The summed E-state index contributed by atoms with van der Waals surface area (Å²) < 4.78 is 27.2. The van der Waals surface area contributed by atoms with E-state index >= 15 is 0 Å². The van der Waals surface area contributed by atoms with Crippen LogP contribution >= 0.6 is 11.3 Å². The number of sulfonamides is 1. The van der Waals surface area contributed by atoms with Crippen LogP contribution in [0.25, 0.3) is 21.3 Å². The molecule has 0 unspecified atom stereocenters. The molecule has 0 radical (unpaired) electrons. The van der Waals surface area contributed by atoms with Gasteiger partial charge in [-0.15, -0.1) is 0 Å². The van der Waals surface area contributed by atoms with Crippen molar-refractivity contribution >= 4 is 42.6 Å². The van der Waals surface area contributed by atoms with Gasteiger partial charge < -0.3 is 5.32 Å². The Morgan fingerprint density at radius 1 is 1.23 bits per heavy atom. The van der Waals surface area contributed by atoms with E-state index in [1.807, 2.05) is 18.2 Å². The van der Waals surface area contributed by atoms with Crippen LogP contribution in [0, 0.1) is 0 Å². The van der Waals surface area contributed by atoms with Crippen LogP contribution in [-0.2, 0) is 14.8 Å². The fourth-order valence-electron chi connectivity index (χ4n) is 2.38. The third kappa shape index (κ3) is 3.59. The maximum absolute atomic E-state index is 12.5. The molecule has 0 aliphatic heterocycles. The number of aromatic nitrogens is 2. The van der Waals surface area contributed by atoms with Crippen molar-refractivity contribution in [1.82, 2.24) is 14.3 Å². The molecule has 0 saturated heterocycles. The SMILES string of the molecule is CCN(C)S(=O)(=O)c1cncc(-c2ccc3nc(NC(C)=O)sc3c2)c1. The molecule has 136 valence electrons. The van der Waals surface area contributed by atoms with Gasteiger partial charge in [-0.3, -0.25) is 9.78 Å². The second-order valence-corrected chi connectivity index (χ2v) is 8.79. The molecule has 1 N–H and O–H groups in total. The summed E-state index contributed by atoms with van der Waals surface area (Å²) in [6.45, 7) is 3.59. The fourth-order valence-corrected chi connectivity index (χ4v) is 4.50. The number of benzene rings is 1. The molecular weight excluding hydrogens is 372 g/mol. The third-order valence-electron chi connectivity index (χ3n) is 3.87. The maximum atomic E-state index is 12.5. The first-order chi connectivity index (χ1) is 12.3. The second-order valence-electron chi connectivity index (χ2n) is 5.71. The van der Waals surface area contributed by atoms with Crippen LogP contribution in [0.1, 0.15) is 13.8 Å². The zero-order valence-electron chi connectivity index (χ0n) is 14.6. The normalized spacial score (nSPS) is 11.8. The van der Waals surface area contributed by atoms with Crippen molar-refractivity contribution in [2.75, 3.05) is 18.9 Å². The number of hydrogen-bond donors (Lipinski definition) is 1. The summed E-state index contributed by atoms with van der Waals surface area (Å²) >= 11 is 1.36. The molecule has 3 rings (SSSR count). The Hall–Kier alpha value is -2.36. The van der Waals surface area contributed by atoms with Crippen molar-refractivity contribution < 1.29 is 13.2 Å². The van der Waals surface area contributed by atoms with Crippen LogP contribution in [0.4, 0.5) is 5.13 Å². The van der Waals surface area contributed by atoms with Crippen molar-refractivity contribution in [3.05, 3.63) is 36.7 Å². The highest BCUT2D eigenvalue weighted by Gasteiger charge is 2.20. The van der Waals surface area contributed by atoms with Crippen molar-refractivity contribution in [3.8, 4) is 11.1 Å². The molecule has 0 fully saturated rings. The van der Waals surface area contributed by atoms with E-state index in [9.17, 15) is 13.2 Å². The minimum absolute atomic E-state index is 0.155. The van der Waals surface area contributed by atoms with Gasteiger partial charge in [0.25, 0.3) is 0 Å². The zero-order chi connectivity index (χ0) is 18.9. The lowest BCUT2D eigenvalue weighted by Gasteiger charge is -2.15. The van der Waals surface area contributed by atoms with Crippen LogP contribution in [0.15, 0.2) is 41.6 Å². The number of thiazole rings is 1. The molecule has 0 bridgehead atoms. The molecule has 9 heteroatoms. The van der Waals surface area contributed by atoms with Crippen molar-refractivity contribution in [2.24, 2.45) is 0 Å². The first-order valence-electron chi connectivity index (χ1n) is 7.91. The summed E-state index contributed by atoms with van der Waals surface area (Å²) in [6.07, 6.45) is 2.98. The van der Waals surface area contributed by atoms with Crippen molar-refractivity contribution in [1.29, 1.82) is 0 Å². The lowest BCUT2D eigenvalue weighted by atomic mass is 10.1. The first-order valence-corrected chi connectivity index (χ1v) is 10.2. The van der Waals surface area contributed by atoms with Crippen LogP contribution < -0.4 is 5.32 Å². The molecule has 2 heterocycles. The molecule has 3 aromatic rings. The Morgan fingerprint density at radius 2 is 2.00 bits per heavy atom. The summed E-state index contributed by atoms with van der Waals surface area (Å²) in [5.41, 5.74) is 2.30. The van der Waals surface area contributed by atoms with E-state index in [4.69, 9.17) is 0 Å². The highest BCUT2D eigenvalue weighted by atomic mass is 32.2. The summed E-state index contributed by atoms with van der Waals surface area (Å²) in [7, 11) is -2.02. The molecule has 1 aromatic carbocycles. The van der Waals surface area contributed by atoms with Gasteiger partial charge in [-0.1, -0.05) is 24.3 Å². The van der Waals surface area contributed by atoms with Crippen LogP contribution in [0.3, 0.4) is 0 Å². The van der Waals surface area contributed by atoms with Crippen molar-refractivity contribution in [3.63, 3.8) is 0 Å². The van der Waals surface area contributed by atoms with Crippen LogP contribution in [-0.4, -0.2) is 42.2 Å². The summed E-state index contributed by atoms with van der Waals surface area (Å²) in [5, 5.41) is 3.20. The third-order valence-corrected chi connectivity index (χ3v) is 6.70. The van der Waals surface area contributed by atoms with Gasteiger partial charge >= 0.3 is 0 Å². The number of amides is 1. The Bertz CT molecular complexity index is 1080. The lowest BCUT2D eigenvalue weighted by molar-refractivity contribution is -0.114. The van der Waals surface area contributed by atoms with E-state index in [0.29, 0.717) is 17.2 Å². The van der Waals surface area contributed by atoms with E-state index in [2.05, 4.69) is 15.3 Å². The molecule has 0 spiro atoms. The number of carbonyl (C=O) groups is 1. The van der Waals surface area contributed by atoms with E-state index in [-0.39, 0.29) is 10.8 Å². The van der Waals surface area contributed by atoms with E-state index in [0.717, 1.165) is 15.8 Å². The van der Waals surface area contributed by atoms with Gasteiger partial charge in [-0.2, -0.15) is 0 Å². The number of fused-ring (bicyclic) bond motifs is 1. The van der Waals surface area contributed by atoms with Gasteiger partial charge in [-0.25, -0.2) is 17.7 Å². The molecule has 0 aliphatic carbocycles. The number of anilines is 1. The van der Waals surface area contributed by atoms with Gasteiger partial charge in [0, 0.05) is 38.5 Å². The second kappa shape index (κ2) is 7.10. The van der Waals surface area contributed by atoms with Crippen molar-refractivity contribution in [2.45, 2.75) is 18.7 Å². The van der Waals surface area contributed by atoms with Gasteiger partial charge in [0.1, 0.15) is 4.90 Å². The maximum Gasteiger partial charge on any atom is 0.244 e. The van der Waals surface area contributed by atoms with Gasteiger partial charge in [0.2, 0.25) is 15.9 Å². The van der Waals surface area contributed by atoms with Gasteiger partial charge in [-0.05, 0) is 23.8 Å². The molecular formula is C17H18N4O3S2. The monoisotopic (exact) mass is 390 g/mol. The predicted molar refractivity (Wildman–Crippen MR) is 103 cm³/mol. The Kier molecular flexibility index (Phi) is 5.03. The average Bonchev–Trinajstić information content (AvgIpc) is 3.01. The average molecular weight is 390 g/mol. The minimum Gasteiger partial charge on any atom is -0.302 e. The number of rotatable bonds is 5. The molecule has 26 heavy (non-hydrogen) atoms. The predicted octanol–water partition coefficient (Wildman–Crippen LogP) is 2.96. The Balaban J connectivity index is 2.01. The number of pyridine rings is 1. The van der Waals surface area contributed by atoms with Crippen LogP contribution in [0.2, 0.25) is 0 Å².